The quantitative estimate of drug-likeness (QED) is 0.513. The number of benzene rings is 1. The average Bonchev–Trinajstić information content (AvgIpc) is 3.53. The summed E-state index contributed by atoms with van der Waals surface area (Å²) in [5.41, 5.74) is 5.25. The van der Waals surface area contributed by atoms with Crippen LogP contribution in [0.25, 0.3) is 5.69 Å². The van der Waals surface area contributed by atoms with Gasteiger partial charge in [-0.1, -0.05) is 12.1 Å². The van der Waals surface area contributed by atoms with Gasteiger partial charge in [0.2, 0.25) is 0 Å². The summed E-state index contributed by atoms with van der Waals surface area (Å²) in [6, 6.07) is 15.0. The number of aromatic nitrogens is 2. The van der Waals surface area contributed by atoms with Crippen LogP contribution in [0.5, 0.6) is 0 Å². The fourth-order valence-corrected chi connectivity index (χ4v) is 5.53. The van der Waals surface area contributed by atoms with Crippen molar-refractivity contribution in [3.05, 3.63) is 82.9 Å². The molecule has 2 saturated heterocycles. The second-order valence-electron chi connectivity index (χ2n) is 8.93. The summed E-state index contributed by atoms with van der Waals surface area (Å²) >= 11 is 5.81. The predicted octanol–water partition coefficient (Wildman–Crippen LogP) is 4.34. The Labute approximate surface area is 204 Å². The van der Waals surface area contributed by atoms with Gasteiger partial charge < -0.3 is 24.6 Å². The molecular weight excluding hydrogens is 448 g/mol. The summed E-state index contributed by atoms with van der Waals surface area (Å²) < 4.78 is 8.06. The number of carbonyl (C=O) groups is 1. The summed E-state index contributed by atoms with van der Waals surface area (Å²) in [5.74, 6) is -0.937. The number of hydrogen-bond acceptors (Lipinski definition) is 4. The van der Waals surface area contributed by atoms with Crippen LogP contribution in [0.4, 0.5) is 0 Å². The van der Waals surface area contributed by atoms with E-state index in [1.54, 1.807) is 24.4 Å². The lowest BCUT2D eigenvalue weighted by Crippen LogP contribution is -2.36. The smallest absolute Gasteiger partial charge is 0.335 e. The van der Waals surface area contributed by atoms with Gasteiger partial charge in [-0.15, -0.1) is 0 Å². The van der Waals surface area contributed by atoms with Crippen molar-refractivity contribution in [2.24, 2.45) is 0 Å². The van der Waals surface area contributed by atoms with E-state index in [2.05, 4.69) is 32.8 Å². The van der Waals surface area contributed by atoms with Crippen LogP contribution in [-0.4, -0.2) is 49.9 Å². The van der Waals surface area contributed by atoms with Crippen LogP contribution in [0.1, 0.15) is 57.9 Å². The van der Waals surface area contributed by atoms with Crippen LogP contribution in [0.3, 0.4) is 0 Å². The summed E-state index contributed by atoms with van der Waals surface area (Å²) in [6.45, 7) is 5.64. The largest absolute Gasteiger partial charge is 0.478 e. The van der Waals surface area contributed by atoms with E-state index < -0.39 is 5.97 Å². The number of carboxylic acid groups (broad SMARTS) is 1. The molecule has 176 valence electrons. The van der Waals surface area contributed by atoms with Gasteiger partial charge in [-0.2, -0.15) is 0 Å². The fraction of sp³-hybridized carbons (Fsp3) is 0.346. The zero-order chi connectivity index (χ0) is 23.8. The predicted molar refractivity (Wildman–Crippen MR) is 133 cm³/mol. The third-order valence-corrected chi connectivity index (χ3v) is 7.11. The molecule has 3 aromatic rings. The molecule has 7 nitrogen and oxygen atoms in total. The van der Waals surface area contributed by atoms with Crippen LogP contribution in [0.2, 0.25) is 0 Å². The lowest BCUT2D eigenvalue weighted by atomic mass is 9.96. The molecule has 3 atom stereocenters. The molecule has 2 aliphatic heterocycles. The molecule has 4 heterocycles. The second kappa shape index (κ2) is 9.19. The number of ether oxygens (including phenoxy) is 1. The van der Waals surface area contributed by atoms with E-state index in [0.717, 1.165) is 54.3 Å². The molecule has 0 unspecified atom stereocenters. The molecule has 0 bridgehead atoms. The van der Waals surface area contributed by atoms with Crippen molar-refractivity contribution >= 4 is 23.3 Å². The molecule has 0 aliphatic carbocycles. The number of nitrogens with one attached hydrogen (secondary N) is 1. The normalized spacial score (nSPS) is 22.2. The molecule has 8 heteroatoms. The number of thiocarbonyl (C=S) groups is 1. The molecule has 0 radical (unpaired) electrons. The third-order valence-electron chi connectivity index (χ3n) is 6.76. The summed E-state index contributed by atoms with van der Waals surface area (Å²) in [7, 11) is 0. The van der Waals surface area contributed by atoms with E-state index in [4.69, 9.17) is 17.0 Å². The number of nitrogens with zero attached hydrogens (tertiary/aromatic N) is 3. The van der Waals surface area contributed by atoms with Gasteiger partial charge in [-0.05, 0) is 80.9 Å². The number of carboxylic acids is 1. The number of hydrogen-bond donors (Lipinski definition) is 2. The molecule has 34 heavy (non-hydrogen) atoms. The Morgan fingerprint density at radius 1 is 1.24 bits per heavy atom. The number of pyridine rings is 1. The maximum absolute atomic E-state index is 11.6. The molecule has 1 aromatic carbocycles. The van der Waals surface area contributed by atoms with Crippen LogP contribution < -0.4 is 5.32 Å². The van der Waals surface area contributed by atoms with Crippen molar-refractivity contribution in [1.82, 2.24) is 19.8 Å². The minimum atomic E-state index is -0.937. The molecule has 2 N–H and O–H groups in total. The zero-order valence-corrected chi connectivity index (χ0v) is 20.1. The summed E-state index contributed by atoms with van der Waals surface area (Å²) in [5, 5.41) is 13.7. The second-order valence-corrected chi connectivity index (χ2v) is 9.32. The van der Waals surface area contributed by atoms with Gasteiger partial charge in [0.1, 0.15) is 0 Å². The summed E-state index contributed by atoms with van der Waals surface area (Å²) in [4.78, 5) is 18.4. The van der Waals surface area contributed by atoms with Gasteiger partial charge in [0.05, 0.1) is 29.4 Å². The third kappa shape index (κ3) is 4.08. The van der Waals surface area contributed by atoms with Crippen molar-refractivity contribution in [3.8, 4) is 5.69 Å². The van der Waals surface area contributed by atoms with E-state index >= 15 is 0 Å². The van der Waals surface area contributed by atoms with Crippen LogP contribution in [0.15, 0.2) is 54.7 Å². The zero-order valence-electron chi connectivity index (χ0n) is 19.3. The number of rotatable bonds is 6. The van der Waals surface area contributed by atoms with Gasteiger partial charge >= 0.3 is 5.97 Å². The Morgan fingerprint density at radius 3 is 2.79 bits per heavy atom. The SMILES string of the molecule is Cc1cc([C@@H]2[C@H](c3ccccn3)NC(=S)N2C[C@H]2CCCO2)c(C)n1-c1cccc(C(=O)O)c1. The Balaban J connectivity index is 1.59. The van der Waals surface area contributed by atoms with Crippen molar-refractivity contribution in [2.75, 3.05) is 13.2 Å². The highest BCUT2D eigenvalue weighted by molar-refractivity contribution is 7.80. The maximum Gasteiger partial charge on any atom is 0.335 e. The average molecular weight is 477 g/mol. The van der Waals surface area contributed by atoms with E-state index in [1.807, 2.05) is 31.2 Å². The topological polar surface area (TPSA) is 79.6 Å². The molecule has 2 aromatic heterocycles. The van der Waals surface area contributed by atoms with Gasteiger partial charge in [-0.25, -0.2) is 4.79 Å². The van der Waals surface area contributed by atoms with E-state index in [1.165, 1.54) is 0 Å². The van der Waals surface area contributed by atoms with Gasteiger partial charge in [-0.3, -0.25) is 4.98 Å². The Bertz CT molecular complexity index is 1220. The molecule has 0 saturated carbocycles. The van der Waals surface area contributed by atoms with Crippen molar-refractivity contribution < 1.29 is 14.6 Å². The molecular formula is C26H28N4O3S. The number of aryl methyl sites for hydroxylation is 1. The molecule has 2 fully saturated rings. The lowest BCUT2D eigenvalue weighted by Gasteiger charge is -2.30. The van der Waals surface area contributed by atoms with Gasteiger partial charge in [0.25, 0.3) is 0 Å². The van der Waals surface area contributed by atoms with Crippen LogP contribution in [0, 0.1) is 13.8 Å². The van der Waals surface area contributed by atoms with Gasteiger partial charge in [0, 0.05) is 36.4 Å². The van der Waals surface area contributed by atoms with Crippen molar-refractivity contribution in [1.29, 1.82) is 0 Å². The van der Waals surface area contributed by atoms with E-state index in [0.29, 0.717) is 5.11 Å². The lowest BCUT2D eigenvalue weighted by molar-refractivity contribution is 0.0696. The molecule has 0 spiro atoms. The highest BCUT2D eigenvalue weighted by Crippen LogP contribution is 2.42. The molecule has 0 amide bonds. The van der Waals surface area contributed by atoms with Crippen LogP contribution >= 0.6 is 12.2 Å². The first-order chi connectivity index (χ1) is 16.4. The van der Waals surface area contributed by atoms with Crippen LogP contribution in [-0.2, 0) is 4.74 Å². The molecule has 5 rings (SSSR count). The van der Waals surface area contributed by atoms with Gasteiger partial charge in [0.15, 0.2) is 5.11 Å². The highest BCUT2D eigenvalue weighted by atomic mass is 32.1. The van der Waals surface area contributed by atoms with E-state index in [-0.39, 0.29) is 23.8 Å². The molecule has 2 aliphatic rings. The van der Waals surface area contributed by atoms with Crippen molar-refractivity contribution in [2.45, 2.75) is 44.9 Å². The first kappa shape index (κ1) is 22.6. The number of aromatic carboxylic acids is 1. The Hall–Kier alpha value is -3.23. The standard InChI is InChI=1S/C26H28N4O3S/c1-16-13-21(17(2)30(16)19-8-5-7-18(14-19)25(31)32)24-23(22-10-3-4-11-27-22)28-26(34)29(24)15-20-9-6-12-33-20/h3-5,7-8,10-11,13-14,20,23-24H,6,9,12,15H2,1-2H3,(H,28,34)(H,31,32)/t20-,23+,24-/m1/s1. The van der Waals surface area contributed by atoms with E-state index in [9.17, 15) is 9.90 Å². The maximum atomic E-state index is 11.6. The highest BCUT2D eigenvalue weighted by Gasteiger charge is 2.42. The monoisotopic (exact) mass is 476 g/mol. The first-order valence-electron chi connectivity index (χ1n) is 11.6. The summed E-state index contributed by atoms with van der Waals surface area (Å²) in [6.07, 6.45) is 4.06. The fourth-order valence-electron chi connectivity index (χ4n) is 5.21. The Morgan fingerprint density at radius 2 is 2.09 bits per heavy atom. The van der Waals surface area contributed by atoms with Crippen molar-refractivity contribution in [3.63, 3.8) is 0 Å². The minimum Gasteiger partial charge on any atom is -0.478 e. The first-order valence-corrected chi connectivity index (χ1v) is 12.0. The minimum absolute atomic E-state index is 0.0609. The Kier molecular flexibility index (Phi) is 6.10.